The third-order valence-electron chi connectivity index (χ3n) is 5.53. The third kappa shape index (κ3) is 3.71. The van der Waals surface area contributed by atoms with Gasteiger partial charge in [0.1, 0.15) is 15.8 Å². The molecule has 4 rings (SSSR count). The van der Waals surface area contributed by atoms with Crippen LogP contribution in [-0.4, -0.2) is 44.1 Å². The van der Waals surface area contributed by atoms with Crippen molar-refractivity contribution < 1.29 is 4.79 Å². The van der Waals surface area contributed by atoms with E-state index in [4.69, 9.17) is 17.2 Å². The highest BCUT2D eigenvalue weighted by Gasteiger charge is 2.32. The molecule has 29 heavy (non-hydrogen) atoms. The third-order valence-corrected chi connectivity index (χ3v) is 6.91. The molecule has 2 aliphatic heterocycles. The summed E-state index contributed by atoms with van der Waals surface area (Å²) in [6.45, 7) is 8.31. The molecule has 2 aromatic heterocycles. The normalized spacial score (nSPS) is 19.8. The van der Waals surface area contributed by atoms with Crippen LogP contribution in [0.25, 0.3) is 11.7 Å². The number of nitrogens with zero attached hydrogens (tertiary/aromatic N) is 4. The number of fused-ring (bicyclic) bond motifs is 1. The van der Waals surface area contributed by atoms with Crippen LogP contribution in [0.1, 0.15) is 37.8 Å². The monoisotopic (exact) mass is 428 g/mol. The van der Waals surface area contributed by atoms with Gasteiger partial charge >= 0.3 is 0 Å². The average molecular weight is 429 g/mol. The molecule has 0 radical (unpaired) electrons. The van der Waals surface area contributed by atoms with Gasteiger partial charge in [0.15, 0.2) is 0 Å². The van der Waals surface area contributed by atoms with Crippen molar-refractivity contribution in [3.8, 4) is 0 Å². The van der Waals surface area contributed by atoms with Gasteiger partial charge < -0.3 is 4.90 Å². The van der Waals surface area contributed by atoms with E-state index in [-0.39, 0.29) is 11.5 Å². The molecule has 0 aromatic carbocycles. The molecular weight excluding hydrogens is 404 g/mol. The molecule has 0 N–H and O–H groups in total. The lowest BCUT2D eigenvalue weighted by Gasteiger charge is -2.32. The second-order valence-electron chi connectivity index (χ2n) is 7.68. The summed E-state index contributed by atoms with van der Waals surface area (Å²) in [4.78, 5) is 35.2. The number of thiocarbonyl (C=S) groups is 1. The maximum absolute atomic E-state index is 13.4. The van der Waals surface area contributed by atoms with E-state index in [1.54, 1.807) is 21.6 Å². The van der Waals surface area contributed by atoms with Gasteiger partial charge in [-0.3, -0.25) is 18.9 Å². The van der Waals surface area contributed by atoms with Crippen LogP contribution in [0.4, 0.5) is 5.82 Å². The van der Waals surface area contributed by atoms with Gasteiger partial charge in [0.25, 0.3) is 11.5 Å². The Bertz CT molecular complexity index is 1080. The maximum atomic E-state index is 13.4. The van der Waals surface area contributed by atoms with E-state index in [2.05, 4.69) is 11.8 Å². The van der Waals surface area contributed by atoms with Crippen molar-refractivity contribution in [3.63, 3.8) is 0 Å². The number of carbonyl (C=O) groups excluding carboxylic acids is 1. The molecule has 0 aliphatic carbocycles. The summed E-state index contributed by atoms with van der Waals surface area (Å²) < 4.78 is 2.10. The van der Waals surface area contributed by atoms with Crippen LogP contribution < -0.4 is 10.5 Å². The van der Waals surface area contributed by atoms with Crippen LogP contribution in [0, 0.1) is 12.8 Å². The largest absolute Gasteiger partial charge is 0.356 e. The molecule has 0 spiro atoms. The first-order valence-corrected chi connectivity index (χ1v) is 11.1. The number of piperidine rings is 1. The zero-order valence-corrected chi connectivity index (χ0v) is 18.5. The Morgan fingerprint density at radius 2 is 2.00 bits per heavy atom. The zero-order chi connectivity index (χ0) is 20.7. The van der Waals surface area contributed by atoms with Crippen molar-refractivity contribution in [1.82, 2.24) is 14.3 Å². The number of anilines is 1. The predicted molar refractivity (Wildman–Crippen MR) is 122 cm³/mol. The van der Waals surface area contributed by atoms with Crippen LogP contribution in [0.2, 0.25) is 0 Å². The molecule has 1 amide bonds. The first kappa shape index (κ1) is 20.1. The number of amides is 1. The van der Waals surface area contributed by atoms with E-state index in [1.807, 2.05) is 26.0 Å². The second-order valence-corrected chi connectivity index (χ2v) is 9.36. The zero-order valence-electron chi connectivity index (χ0n) is 16.8. The van der Waals surface area contributed by atoms with Gasteiger partial charge in [-0.25, -0.2) is 4.98 Å². The van der Waals surface area contributed by atoms with Crippen molar-refractivity contribution in [2.24, 2.45) is 5.92 Å². The summed E-state index contributed by atoms with van der Waals surface area (Å²) in [5, 5.41) is 0. The summed E-state index contributed by atoms with van der Waals surface area (Å²) in [5.74, 6) is 1.18. The van der Waals surface area contributed by atoms with E-state index in [9.17, 15) is 9.59 Å². The maximum Gasteiger partial charge on any atom is 0.267 e. The Hall–Kier alpha value is -2.19. The van der Waals surface area contributed by atoms with E-state index < -0.39 is 0 Å². The molecule has 0 unspecified atom stereocenters. The van der Waals surface area contributed by atoms with E-state index in [0.717, 1.165) is 31.5 Å². The highest BCUT2D eigenvalue weighted by molar-refractivity contribution is 8.26. The number of hydrogen-bond donors (Lipinski definition) is 0. The fourth-order valence-corrected chi connectivity index (χ4v) is 5.10. The lowest BCUT2D eigenvalue weighted by molar-refractivity contribution is -0.121. The van der Waals surface area contributed by atoms with Gasteiger partial charge in [0, 0.05) is 25.8 Å². The molecule has 0 saturated carbocycles. The molecule has 4 heterocycles. The Labute approximate surface area is 179 Å². The minimum absolute atomic E-state index is 0.144. The Balaban J connectivity index is 1.89. The van der Waals surface area contributed by atoms with Crippen molar-refractivity contribution in [1.29, 1.82) is 0 Å². The van der Waals surface area contributed by atoms with Crippen LogP contribution in [0.15, 0.2) is 28.0 Å². The van der Waals surface area contributed by atoms with Crippen molar-refractivity contribution in [2.75, 3.05) is 24.5 Å². The summed E-state index contributed by atoms with van der Waals surface area (Å²) in [6.07, 6.45) is 5.60. The Kier molecular flexibility index (Phi) is 5.48. The summed E-state index contributed by atoms with van der Waals surface area (Å²) in [6, 6.07) is 3.82. The smallest absolute Gasteiger partial charge is 0.267 e. The van der Waals surface area contributed by atoms with Gasteiger partial charge in [0.2, 0.25) is 0 Å². The molecule has 0 atom stereocenters. The first-order valence-electron chi connectivity index (χ1n) is 9.92. The number of aryl methyl sites for hydroxylation is 1. The minimum atomic E-state index is -0.158. The number of aromatic nitrogens is 2. The van der Waals surface area contributed by atoms with Crippen molar-refractivity contribution >= 4 is 51.7 Å². The van der Waals surface area contributed by atoms with Gasteiger partial charge in [-0.1, -0.05) is 37.0 Å². The summed E-state index contributed by atoms with van der Waals surface area (Å²) in [7, 11) is 0. The standard InChI is InChI=1S/C21H24N4O2S2/c1-4-24-20(27)16(29-21(24)28)11-15-18(23-9-7-13(2)8-10-23)22-17-6-5-14(3)12-25(17)19(15)26/h5-6,11-13H,4,7-10H2,1-3H3. The van der Waals surface area contributed by atoms with E-state index in [1.165, 1.54) is 11.8 Å². The van der Waals surface area contributed by atoms with Crippen LogP contribution in [0.3, 0.4) is 0 Å². The number of hydrogen-bond acceptors (Lipinski definition) is 6. The van der Waals surface area contributed by atoms with Gasteiger partial charge in [0.05, 0.1) is 10.5 Å². The SMILES string of the molecule is CCN1C(=O)C(=Cc2c(N3CCC(C)CC3)nc3ccc(C)cn3c2=O)SC1=S. The van der Waals surface area contributed by atoms with Gasteiger partial charge in [-0.05, 0) is 50.3 Å². The van der Waals surface area contributed by atoms with Crippen LogP contribution in [0.5, 0.6) is 0 Å². The van der Waals surface area contributed by atoms with E-state index in [0.29, 0.717) is 38.7 Å². The van der Waals surface area contributed by atoms with Crippen LogP contribution in [-0.2, 0) is 4.79 Å². The molecule has 2 saturated heterocycles. The second kappa shape index (κ2) is 7.91. The number of rotatable bonds is 3. The van der Waals surface area contributed by atoms with Crippen LogP contribution >= 0.6 is 24.0 Å². The number of thioether (sulfide) groups is 1. The van der Waals surface area contributed by atoms with Crippen molar-refractivity contribution in [2.45, 2.75) is 33.6 Å². The number of likely N-dealkylation sites (N-methyl/N-ethyl adjacent to an activating group) is 1. The molecule has 6 nitrogen and oxygen atoms in total. The molecule has 0 bridgehead atoms. The van der Waals surface area contributed by atoms with Gasteiger partial charge in [-0.2, -0.15) is 0 Å². The molecule has 8 heteroatoms. The molecular formula is C21H24N4O2S2. The number of carbonyl (C=O) groups is 1. The fraction of sp³-hybridized carbons (Fsp3) is 0.429. The summed E-state index contributed by atoms with van der Waals surface area (Å²) in [5.41, 5.74) is 1.89. The van der Waals surface area contributed by atoms with Crippen molar-refractivity contribution in [3.05, 3.63) is 44.7 Å². The minimum Gasteiger partial charge on any atom is -0.356 e. The highest BCUT2D eigenvalue weighted by atomic mass is 32.2. The van der Waals surface area contributed by atoms with E-state index >= 15 is 0 Å². The first-order chi connectivity index (χ1) is 13.9. The molecule has 2 fully saturated rings. The number of pyridine rings is 1. The quantitative estimate of drug-likeness (QED) is 0.551. The lowest BCUT2D eigenvalue weighted by Crippen LogP contribution is -2.36. The fourth-order valence-electron chi connectivity index (χ4n) is 3.74. The Morgan fingerprint density at radius 3 is 2.66 bits per heavy atom. The molecule has 2 aliphatic rings. The lowest BCUT2D eigenvalue weighted by atomic mass is 9.99. The molecule has 2 aromatic rings. The highest BCUT2D eigenvalue weighted by Crippen LogP contribution is 2.33. The predicted octanol–water partition coefficient (Wildman–Crippen LogP) is 3.46. The molecule has 152 valence electrons. The summed E-state index contributed by atoms with van der Waals surface area (Å²) >= 11 is 6.57. The Morgan fingerprint density at radius 1 is 1.28 bits per heavy atom. The average Bonchev–Trinajstić information content (AvgIpc) is 2.97. The van der Waals surface area contributed by atoms with Gasteiger partial charge in [-0.15, -0.1) is 0 Å². The topological polar surface area (TPSA) is 57.9 Å².